The van der Waals surface area contributed by atoms with Crippen molar-refractivity contribution in [2.75, 3.05) is 6.61 Å². The lowest BCUT2D eigenvalue weighted by atomic mass is 10.4. The van der Waals surface area contributed by atoms with Crippen molar-refractivity contribution in [1.82, 2.24) is 0 Å². The fourth-order valence-electron chi connectivity index (χ4n) is 0.292. The quantitative estimate of drug-likeness (QED) is 0.449. The van der Waals surface area contributed by atoms with Crippen LogP contribution in [0.1, 0.15) is 6.92 Å². The molecule has 0 aliphatic carbocycles. The maximum Gasteiger partial charge on any atom is 0.356 e. The van der Waals surface area contributed by atoms with Gasteiger partial charge in [-0.15, -0.1) is 0 Å². The van der Waals surface area contributed by atoms with Crippen molar-refractivity contribution in [3.05, 3.63) is 12.7 Å². The van der Waals surface area contributed by atoms with Crippen LogP contribution in [0.15, 0.2) is 12.7 Å². The van der Waals surface area contributed by atoms with Gasteiger partial charge in [0.1, 0.15) is 5.71 Å². The van der Waals surface area contributed by atoms with Gasteiger partial charge in [0.2, 0.25) is 0 Å². The Morgan fingerprint density at radius 1 is 1.89 bits per heavy atom. The minimum absolute atomic E-state index is 0.197. The zero-order chi connectivity index (χ0) is 7.28. The highest BCUT2D eigenvalue weighted by atomic mass is 16.5. The Balaban J connectivity index is 3.73. The van der Waals surface area contributed by atoms with Crippen LogP contribution in [0.5, 0.6) is 0 Å². The summed E-state index contributed by atoms with van der Waals surface area (Å²) in [5.41, 5.74) is -0.197. The molecule has 0 saturated heterocycles. The molecule has 0 bridgehead atoms. The summed E-state index contributed by atoms with van der Waals surface area (Å²) in [6, 6.07) is 0. The van der Waals surface area contributed by atoms with E-state index in [1.54, 1.807) is 6.92 Å². The Morgan fingerprint density at radius 2 is 2.44 bits per heavy atom. The third-order valence-corrected chi connectivity index (χ3v) is 0.699. The van der Waals surface area contributed by atoms with Gasteiger partial charge in [0.25, 0.3) is 0 Å². The van der Waals surface area contributed by atoms with E-state index < -0.39 is 5.97 Å². The summed E-state index contributed by atoms with van der Waals surface area (Å²) in [5.74, 6) is -0.618. The Morgan fingerprint density at radius 3 is 2.78 bits per heavy atom. The summed E-state index contributed by atoms with van der Waals surface area (Å²) < 4.78 is 4.46. The normalized spacial score (nSPS) is 8.11. The van der Waals surface area contributed by atoms with Gasteiger partial charge in [-0.3, -0.25) is 5.41 Å². The summed E-state index contributed by atoms with van der Waals surface area (Å²) in [5, 5.41) is 6.85. The van der Waals surface area contributed by atoms with Crippen molar-refractivity contribution >= 4 is 11.7 Å². The van der Waals surface area contributed by atoms with Gasteiger partial charge in [-0.1, -0.05) is 6.58 Å². The maximum absolute atomic E-state index is 10.5. The first kappa shape index (κ1) is 7.88. The van der Waals surface area contributed by atoms with Crippen LogP contribution in [0.4, 0.5) is 0 Å². The summed E-state index contributed by atoms with van der Waals surface area (Å²) in [4.78, 5) is 10.5. The summed E-state index contributed by atoms with van der Waals surface area (Å²) in [7, 11) is 0. The zero-order valence-corrected chi connectivity index (χ0v) is 5.31. The molecule has 0 saturated carbocycles. The van der Waals surface area contributed by atoms with E-state index in [1.807, 2.05) is 0 Å². The average molecular weight is 127 g/mol. The first-order chi connectivity index (χ1) is 4.22. The molecule has 0 aliphatic rings. The van der Waals surface area contributed by atoms with Gasteiger partial charge in [0, 0.05) is 0 Å². The van der Waals surface area contributed by atoms with Crippen LogP contribution in [-0.4, -0.2) is 18.3 Å². The third-order valence-electron chi connectivity index (χ3n) is 0.699. The largest absolute Gasteiger partial charge is 0.461 e. The Bertz CT molecular complexity index is 140. The molecule has 1 N–H and O–H groups in total. The van der Waals surface area contributed by atoms with Gasteiger partial charge in [0.05, 0.1) is 6.61 Å². The molecule has 3 nitrogen and oxygen atoms in total. The molecule has 0 aromatic rings. The summed E-state index contributed by atoms with van der Waals surface area (Å²) in [6.45, 7) is 5.23. The molecule has 0 aromatic carbocycles. The van der Waals surface area contributed by atoms with Crippen LogP contribution in [0, 0.1) is 5.41 Å². The van der Waals surface area contributed by atoms with E-state index in [0.717, 1.165) is 6.08 Å². The molecule has 3 heteroatoms. The van der Waals surface area contributed by atoms with Gasteiger partial charge in [-0.2, -0.15) is 0 Å². The third kappa shape index (κ3) is 2.64. The minimum atomic E-state index is -0.618. The van der Waals surface area contributed by atoms with Crippen LogP contribution in [0.2, 0.25) is 0 Å². The lowest BCUT2D eigenvalue weighted by molar-refractivity contribution is -0.135. The van der Waals surface area contributed by atoms with E-state index >= 15 is 0 Å². The number of rotatable bonds is 3. The standard InChI is InChI=1S/C6H9NO2/c1-3-5(7)6(8)9-4-2/h3,7H,1,4H2,2H3. The molecule has 50 valence electrons. The predicted octanol–water partition coefficient (Wildman–Crippen LogP) is 0.755. The van der Waals surface area contributed by atoms with Crippen LogP contribution in [0.3, 0.4) is 0 Å². The molecule has 0 fully saturated rings. The summed E-state index contributed by atoms with van der Waals surface area (Å²) >= 11 is 0. The van der Waals surface area contributed by atoms with Crippen LogP contribution in [0.25, 0.3) is 0 Å². The number of hydrogen-bond donors (Lipinski definition) is 1. The number of nitrogens with one attached hydrogen (secondary N) is 1. The topological polar surface area (TPSA) is 50.2 Å². The van der Waals surface area contributed by atoms with Crippen molar-refractivity contribution in [3.8, 4) is 0 Å². The SMILES string of the molecule is C=CC(=N)C(=O)OCC. The molecule has 0 atom stereocenters. The molecule has 0 aliphatic heterocycles. The second kappa shape index (κ2) is 3.83. The molecule has 0 amide bonds. The van der Waals surface area contributed by atoms with E-state index in [4.69, 9.17) is 5.41 Å². The molecule has 0 heterocycles. The Hall–Kier alpha value is -1.12. The number of ether oxygens (including phenoxy) is 1. The Labute approximate surface area is 53.8 Å². The van der Waals surface area contributed by atoms with Gasteiger partial charge in [-0.05, 0) is 13.0 Å². The fraction of sp³-hybridized carbons (Fsp3) is 0.333. The van der Waals surface area contributed by atoms with Gasteiger partial charge in [0.15, 0.2) is 0 Å². The van der Waals surface area contributed by atoms with E-state index in [2.05, 4.69) is 11.3 Å². The van der Waals surface area contributed by atoms with E-state index in [-0.39, 0.29) is 5.71 Å². The molecule has 0 unspecified atom stereocenters. The second-order valence-corrected chi connectivity index (χ2v) is 1.34. The van der Waals surface area contributed by atoms with Crippen molar-refractivity contribution in [3.63, 3.8) is 0 Å². The van der Waals surface area contributed by atoms with Crippen LogP contribution in [-0.2, 0) is 9.53 Å². The predicted molar refractivity (Wildman–Crippen MR) is 34.6 cm³/mol. The van der Waals surface area contributed by atoms with Crippen LogP contribution >= 0.6 is 0 Å². The lowest BCUT2D eigenvalue weighted by Gasteiger charge is -1.96. The van der Waals surface area contributed by atoms with E-state index in [1.165, 1.54) is 0 Å². The number of carbonyl (C=O) groups excluding carboxylic acids is 1. The van der Waals surface area contributed by atoms with E-state index in [0.29, 0.717) is 6.61 Å². The highest BCUT2D eigenvalue weighted by molar-refractivity contribution is 6.39. The van der Waals surface area contributed by atoms with Crippen molar-refractivity contribution in [2.45, 2.75) is 6.92 Å². The first-order valence-corrected chi connectivity index (χ1v) is 2.60. The number of hydrogen-bond acceptors (Lipinski definition) is 3. The van der Waals surface area contributed by atoms with E-state index in [9.17, 15) is 4.79 Å². The monoisotopic (exact) mass is 127 g/mol. The molecular formula is C6H9NO2. The zero-order valence-electron chi connectivity index (χ0n) is 5.31. The maximum atomic E-state index is 10.5. The number of esters is 1. The summed E-state index contributed by atoms with van der Waals surface area (Å²) in [6.07, 6.45) is 1.15. The molecular weight excluding hydrogens is 118 g/mol. The lowest BCUT2D eigenvalue weighted by Crippen LogP contribution is -2.13. The van der Waals surface area contributed by atoms with Crippen molar-refractivity contribution < 1.29 is 9.53 Å². The Kier molecular flexibility index (Phi) is 3.35. The first-order valence-electron chi connectivity index (χ1n) is 2.60. The van der Waals surface area contributed by atoms with Crippen molar-refractivity contribution in [2.24, 2.45) is 0 Å². The molecule has 9 heavy (non-hydrogen) atoms. The van der Waals surface area contributed by atoms with Gasteiger partial charge in [-0.25, -0.2) is 4.79 Å². The fourth-order valence-corrected chi connectivity index (χ4v) is 0.292. The molecule has 0 spiro atoms. The highest BCUT2D eigenvalue weighted by Crippen LogP contribution is 1.81. The average Bonchev–Trinajstić information content (AvgIpc) is 1.87. The molecule has 0 radical (unpaired) electrons. The van der Waals surface area contributed by atoms with Gasteiger partial charge >= 0.3 is 5.97 Å². The van der Waals surface area contributed by atoms with Gasteiger partial charge < -0.3 is 4.74 Å². The van der Waals surface area contributed by atoms with Crippen LogP contribution < -0.4 is 0 Å². The highest BCUT2D eigenvalue weighted by Gasteiger charge is 2.03. The molecule has 0 aromatic heterocycles. The van der Waals surface area contributed by atoms with Crippen molar-refractivity contribution in [1.29, 1.82) is 5.41 Å². The number of carbonyl (C=O) groups is 1. The molecule has 0 rings (SSSR count). The smallest absolute Gasteiger partial charge is 0.356 e. The minimum Gasteiger partial charge on any atom is -0.461 e. The second-order valence-electron chi connectivity index (χ2n) is 1.34.